The van der Waals surface area contributed by atoms with Gasteiger partial charge in [-0.3, -0.25) is 0 Å². The molecule has 0 radical (unpaired) electrons. The van der Waals surface area contributed by atoms with Gasteiger partial charge in [-0.2, -0.15) is 17.9 Å². The zero-order valence-corrected chi connectivity index (χ0v) is 10.6. The van der Waals surface area contributed by atoms with Crippen molar-refractivity contribution < 1.29 is 23.1 Å². The van der Waals surface area contributed by atoms with Gasteiger partial charge >= 0.3 is 5.97 Å². The Bertz CT molecular complexity index is 550. The molecule has 1 aromatic rings. The molecule has 8 heteroatoms. The molecule has 0 saturated carbocycles. The first-order chi connectivity index (χ1) is 8.37. The van der Waals surface area contributed by atoms with Gasteiger partial charge in [0.2, 0.25) is 0 Å². The van der Waals surface area contributed by atoms with Crippen LogP contribution >= 0.6 is 0 Å². The van der Waals surface area contributed by atoms with E-state index in [0.717, 1.165) is 7.05 Å². The Balaban J connectivity index is 3.01. The molecular formula is C10H12N2O5S. The lowest BCUT2D eigenvalue weighted by Crippen LogP contribution is -2.22. The molecule has 0 aliphatic rings. The summed E-state index contributed by atoms with van der Waals surface area (Å²) in [5.41, 5.74) is 0. The topological polar surface area (TPSA) is 96.3 Å². The number of benzene rings is 1. The van der Waals surface area contributed by atoms with Crippen LogP contribution < -0.4 is 4.74 Å². The fourth-order valence-electron chi connectivity index (χ4n) is 1.09. The Morgan fingerprint density at radius 3 is 2.39 bits per heavy atom. The third-order valence-corrected chi connectivity index (χ3v) is 3.69. The molecule has 0 saturated heterocycles. The minimum absolute atomic E-state index is 0.00617. The zero-order chi connectivity index (χ0) is 13.8. The number of hydrogen-bond donors (Lipinski definition) is 1. The summed E-state index contributed by atoms with van der Waals surface area (Å²) in [6.07, 6.45) is 0.501. The molecule has 0 unspecified atom stereocenters. The fraction of sp³-hybridized carbons (Fsp3) is 0.200. The predicted molar refractivity (Wildman–Crippen MR) is 64.1 cm³/mol. The first-order valence-electron chi connectivity index (χ1n) is 4.78. The number of aliphatic carboxylic acids is 1. The van der Waals surface area contributed by atoms with Crippen molar-refractivity contribution in [1.29, 1.82) is 0 Å². The van der Waals surface area contributed by atoms with Gasteiger partial charge in [-0.1, -0.05) is 0 Å². The average molecular weight is 272 g/mol. The van der Waals surface area contributed by atoms with Crippen molar-refractivity contribution in [2.24, 2.45) is 5.10 Å². The monoisotopic (exact) mass is 272 g/mol. The van der Waals surface area contributed by atoms with Crippen LogP contribution in [0.5, 0.6) is 5.75 Å². The zero-order valence-electron chi connectivity index (χ0n) is 9.77. The molecule has 18 heavy (non-hydrogen) atoms. The van der Waals surface area contributed by atoms with Gasteiger partial charge in [0.25, 0.3) is 10.0 Å². The van der Waals surface area contributed by atoms with Crippen molar-refractivity contribution in [1.82, 2.24) is 4.41 Å². The number of ether oxygens (including phenoxy) is 1. The van der Waals surface area contributed by atoms with E-state index < -0.39 is 16.0 Å². The average Bonchev–Trinajstić information content (AvgIpc) is 2.35. The van der Waals surface area contributed by atoms with Crippen molar-refractivity contribution >= 4 is 22.2 Å². The lowest BCUT2D eigenvalue weighted by atomic mass is 10.3. The molecule has 0 heterocycles. The van der Waals surface area contributed by atoms with Gasteiger partial charge in [0, 0.05) is 7.05 Å². The van der Waals surface area contributed by atoms with Gasteiger partial charge in [0.1, 0.15) is 12.0 Å². The maximum absolute atomic E-state index is 11.9. The number of carbonyl (C=O) groups is 1. The van der Waals surface area contributed by atoms with Crippen LogP contribution in [-0.4, -0.2) is 44.3 Å². The summed E-state index contributed by atoms with van der Waals surface area (Å²) in [5.74, 6) is -0.808. The molecule has 0 aromatic heterocycles. The first kappa shape index (κ1) is 14.0. The summed E-state index contributed by atoms with van der Waals surface area (Å²) in [4.78, 5) is 10.3. The highest BCUT2D eigenvalue weighted by Gasteiger charge is 2.19. The molecule has 0 spiro atoms. The van der Waals surface area contributed by atoms with E-state index >= 15 is 0 Å². The quantitative estimate of drug-likeness (QED) is 0.617. The molecule has 0 amide bonds. The summed E-state index contributed by atoms with van der Waals surface area (Å²) in [6, 6.07) is 5.67. The number of carboxylic acids is 1. The van der Waals surface area contributed by atoms with Gasteiger partial charge in [-0.25, -0.2) is 4.79 Å². The second-order valence-electron chi connectivity index (χ2n) is 3.20. The van der Waals surface area contributed by atoms with Crippen molar-refractivity contribution in [3.05, 3.63) is 24.3 Å². The molecule has 0 aliphatic carbocycles. The van der Waals surface area contributed by atoms with E-state index in [0.29, 0.717) is 16.4 Å². The number of hydrazone groups is 1. The highest BCUT2D eigenvalue weighted by atomic mass is 32.2. The van der Waals surface area contributed by atoms with Gasteiger partial charge in [-0.05, 0) is 24.3 Å². The van der Waals surface area contributed by atoms with E-state index in [1.165, 1.54) is 31.4 Å². The van der Waals surface area contributed by atoms with E-state index in [4.69, 9.17) is 9.84 Å². The standard InChI is InChI=1S/C10H12N2O5S/c1-12(11-7-10(13)14)18(15,16)9-5-3-8(17-2)4-6-9/h3-7H,1-2H3,(H,13,14)/b11-7-. The van der Waals surface area contributed by atoms with E-state index in [-0.39, 0.29) is 4.90 Å². The van der Waals surface area contributed by atoms with E-state index in [9.17, 15) is 13.2 Å². The number of rotatable bonds is 5. The first-order valence-corrected chi connectivity index (χ1v) is 6.22. The number of nitrogens with zero attached hydrogens (tertiary/aromatic N) is 2. The second kappa shape index (κ2) is 5.50. The number of hydrogen-bond acceptors (Lipinski definition) is 5. The summed E-state index contributed by atoms with van der Waals surface area (Å²) < 4.78 is 29.3. The third kappa shape index (κ3) is 3.20. The summed E-state index contributed by atoms with van der Waals surface area (Å²) >= 11 is 0. The molecule has 1 rings (SSSR count). The van der Waals surface area contributed by atoms with E-state index in [1.807, 2.05) is 0 Å². The maximum atomic E-state index is 11.9. The van der Waals surface area contributed by atoms with E-state index in [2.05, 4.69) is 5.10 Å². The van der Waals surface area contributed by atoms with Crippen LogP contribution in [0.15, 0.2) is 34.3 Å². The fourth-order valence-corrected chi connectivity index (χ4v) is 2.05. The Morgan fingerprint density at radius 1 is 1.39 bits per heavy atom. The third-order valence-electron chi connectivity index (χ3n) is 2.04. The van der Waals surface area contributed by atoms with Crippen molar-refractivity contribution in [2.45, 2.75) is 4.90 Å². The number of carboxylic acid groups (broad SMARTS) is 1. The molecule has 1 aromatic carbocycles. The number of methoxy groups -OCH3 is 1. The molecular weight excluding hydrogens is 260 g/mol. The molecule has 0 aliphatic heterocycles. The van der Waals surface area contributed by atoms with Gasteiger partial charge in [0.05, 0.1) is 12.0 Å². The minimum Gasteiger partial charge on any atom is -0.497 e. The van der Waals surface area contributed by atoms with Gasteiger partial charge in [0.15, 0.2) is 0 Å². The maximum Gasteiger partial charge on any atom is 0.348 e. The van der Waals surface area contributed by atoms with Gasteiger partial charge < -0.3 is 9.84 Å². The van der Waals surface area contributed by atoms with Crippen LogP contribution in [0.1, 0.15) is 0 Å². The molecule has 1 N–H and O–H groups in total. The summed E-state index contributed by atoms with van der Waals surface area (Å²) in [7, 11) is -1.23. The Labute approximate surface area is 104 Å². The Hall–Kier alpha value is -2.09. The van der Waals surface area contributed by atoms with E-state index in [1.54, 1.807) is 0 Å². The molecule has 98 valence electrons. The Kier molecular flexibility index (Phi) is 4.27. The van der Waals surface area contributed by atoms with Crippen LogP contribution in [0.2, 0.25) is 0 Å². The lowest BCUT2D eigenvalue weighted by Gasteiger charge is -2.13. The summed E-state index contributed by atoms with van der Waals surface area (Å²) in [6.45, 7) is 0. The molecule has 7 nitrogen and oxygen atoms in total. The van der Waals surface area contributed by atoms with Crippen LogP contribution in [0.25, 0.3) is 0 Å². The Morgan fingerprint density at radius 2 is 1.94 bits per heavy atom. The second-order valence-corrected chi connectivity index (χ2v) is 5.15. The highest BCUT2D eigenvalue weighted by Crippen LogP contribution is 2.18. The van der Waals surface area contributed by atoms with Crippen LogP contribution in [0.3, 0.4) is 0 Å². The van der Waals surface area contributed by atoms with Crippen molar-refractivity contribution in [3.63, 3.8) is 0 Å². The van der Waals surface area contributed by atoms with Crippen LogP contribution in [-0.2, 0) is 14.8 Å². The minimum atomic E-state index is -3.84. The molecule has 0 atom stereocenters. The SMILES string of the molecule is COc1ccc(S(=O)(=O)N(C)/N=C\C(=O)O)cc1. The normalized spacial score (nSPS) is 11.4. The summed E-state index contributed by atoms with van der Waals surface area (Å²) in [5, 5.41) is 11.7. The number of sulfonamides is 1. The molecule has 0 fully saturated rings. The highest BCUT2D eigenvalue weighted by molar-refractivity contribution is 7.89. The van der Waals surface area contributed by atoms with Crippen LogP contribution in [0.4, 0.5) is 0 Å². The molecule has 0 bridgehead atoms. The largest absolute Gasteiger partial charge is 0.497 e. The smallest absolute Gasteiger partial charge is 0.348 e. The van der Waals surface area contributed by atoms with Crippen LogP contribution in [0, 0.1) is 0 Å². The van der Waals surface area contributed by atoms with Crippen molar-refractivity contribution in [2.75, 3.05) is 14.2 Å². The lowest BCUT2D eigenvalue weighted by molar-refractivity contribution is -0.128. The van der Waals surface area contributed by atoms with Crippen molar-refractivity contribution in [3.8, 4) is 5.75 Å². The van der Waals surface area contributed by atoms with Gasteiger partial charge in [-0.15, -0.1) is 0 Å². The predicted octanol–water partition coefficient (Wildman–Crippen LogP) is 0.386.